The molecule has 5 amide bonds. The molecule has 1 fully saturated rings. The summed E-state index contributed by atoms with van der Waals surface area (Å²) in [6, 6.07) is 56.5. The second-order valence-corrected chi connectivity index (χ2v) is 35.2. The number of nitrogens with one attached hydrogen (secondary N) is 4. The number of aromatic nitrogens is 4. The first-order chi connectivity index (χ1) is 59.8. The lowest BCUT2D eigenvalue weighted by molar-refractivity contribution is -0.135. The topological polar surface area (TPSA) is 260 Å². The minimum atomic E-state index is -0.518. The van der Waals surface area contributed by atoms with Crippen molar-refractivity contribution in [2.75, 3.05) is 128 Å². The van der Waals surface area contributed by atoms with Gasteiger partial charge in [-0.15, -0.1) is 0 Å². The Kier molecular flexibility index (Phi) is 28.9. The fourth-order valence-electron chi connectivity index (χ4n) is 18.6. The molecule has 8 N–H and O–H groups in total. The highest BCUT2D eigenvalue weighted by Gasteiger charge is 2.31. The van der Waals surface area contributed by atoms with Gasteiger partial charge in [0.15, 0.2) is 0 Å². The maximum absolute atomic E-state index is 12.6. The van der Waals surface area contributed by atoms with Gasteiger partial charge in [0.05, 0.1) is 0 Å². The van der Waals surface area contributed by atoms with Crippen molar-refractivity contribution in [3.8, 4) is 0 Å². The number of hydroxylamine groups is 4. The summed E-state index contributed by atoms with van der Waals surface area (Å²) in [6.45, 7) is 24.3. The van der Waals surface area contributed by atoms with Crippen LogP contribution in [0.2, 0.25) is 0 Å². The van der Waals surface area contributed by atoms with Gasteiger partial charge in [0.1, 0.15) is 0 Å². The molecule has 0 unspecified atom stereocenters. The van der Waals surface area contributed by atoms with E-state index in [-0.39, 0.29) is 11.8 Å². The van der Waals surface area contributed by atoms with Crippen LogP contribution in [0.1, 0.15) is 145 Å². The minimum absolute atomic E-state index is 0.00345. The number of hydrogen-bond donors (Lipinski definition) is 8. The highest BCUT2D eigenvalue weighted by atomic mass is 16.5. The third-order valence-corrected chi connectivity index (χ3v) is 25.4. The van der Waals surface area contributed by atoms with Crippen molar-refractivity contribution in [1.82, 2.24) is 79.4 Å². The van der Waals surface area contributed by atoms with Gasteiger partial charge in [0.25, 0.3) is 23.6 Å². The number of carbonyl (C=O) groups is 5. The first-order valence-electron chi connectivity index (χ1n) is 43.5. The Balaban J connectivity index is 0.000000135. The highest BCUT2D eigenvalue weighted by Crippen LogP contribution is 2.39. The van der Waals surface area contributed by atoms with Crippen LogP contribution in [0.4, 0.5) is 0 Å². The van der Waals surface area contributed by atoms with E-state index in [1.54, 1.807) is 70.5 Å². The lowest BCUT2D eigenvalue weighted by Gasteiger charge is -2.32. The standard InChI is InChI=1S/C27H35N5O2.2C24H30N4O2.C24H27N3O3/c1-29-14-16-31(17-15-29)13-10-21-4-3-5-25-26(21)23-19-30(2)12-11-24(23)32(25)18-20-6-8-22(9-7-20)27(33)28-34;1-26(2)12-10-17-6-9-22-20(14-17)21-16-27(3)13-11-23(21)28(22)15-18-4-7-19(8-5-18)24(29)25-30;1-26(2)13-11-18-5-4-6-22-23(18)20-16-27(3)14-12-21(20)28(22)15-17-7-9-19(10-8-17)24(29)25-30;1-15(2)24(29)26-11-10-22-20(14-26)19-12-16(3)4-9-21(19)27(22)13-17-5-7-18(8-6-17)23(28)25-30/h3-9,34H,10-19H2,1-2H3,(H,28,33);4-9,14,30H,10-13,15-16H2,1-3H3,(H,25,29);4-10,30H,11-16H2,1-3H3,(H,25,29);4-9,12,15,30H,10-11,13-14H2,1-3H3,(H,25,28). The lowest BCUT2D eigenvalue weighted by Crippen LogP contribution is -2.45. The summed E-state index contributed by atoms with van der Waals surface area (Å²) in [4.78, 5) is 77.7. The maximum Gasteiger partial charge on any atom is 0.274 e. The summed E-state index contributed by atoms with van der Waals surface area (Å²) in [7, 11) is 17.3. The van der Waals surface area contributed by atoms with Gasteiger partial charge in [-0.25, -0.2) is 21.9 Å². The number of piperazine rings is 1. The van der Waals surface area contributed by atoms with E-state index in [0.29, 0.717) is 35.3 Å². The first kappa shape index (κ1) is 89.1. The summed E-state index contributed by atoms with van der Waals surface area (Å²) >= 11 is 0. The molecule has 652 valence electrons. The molecular weight excluding hydrogens is 1560 g/mol. The van der Waals surface area contributed by atoms with Gasteiger partial charge >= 0.3 is 0 Å². The zero-order valence-electron chi connectivity index (χ0n) is 73.8. The van der Waals surface area contributed by atoms with Gasteiger partial charge in [0, 0.05) is 250 Å². The molecule has 12 aromatic rings. The average Bonchev–Trinajstić information content (AvgIpc) is 1.61. The summed E-state index contributed by atoms with van der Waals surface area (Å²) in [5, 5.41) is 40.8. The molecule has 0 aliphatic carbocycles. The molecule has 25 heteroatoms. The van der Waals surface area contributed by atoms with Crippen LogP contribution >= 0.6 is 0 Å². The Morgan fingerprint density at radius 3 is 1.14 bits per heavy atom. The molecule has 25 nitrogen and oxygen atoms in total. The summed E-state index contributed by atoms with van der Waals surface area (Å²) in [5.74, 6) is -1.78. The van der Waals surface area contributed by atoms with Crippen molar-refractivity contribution < 1.29 is 44.8 Å². The summed E-state index contributed by atoms with van der Waals surface area (Å²) in [5.41, 5.74) is 34.7. The molecule has 1 saturated heterocycles. The van der Waals surface area contributed by atoms with Crippen molar-refractivity contribution in [3.05, 3.63) is 282 Å². The summed E-state index contributed by atoms with van der Waals surface area (Å²) in [6.07, 6.45) is 7.11. The number of likely N-dealkylation sites (N-methyl/N-ethyl adjacent to an activating group) is 6. The molecular formula is C99H122N16O9. The molecule has 8 aromatic carbocycles. The Morgan fingerprint density at radius 1 is 0.371 bits per heavy atom. The fourth-order valence-corrected chi connectivity index (χ4v) is 18.6. The second-order valence-electron chi connectivity index (χ2n) is 35.2. The molecule has 5 aliphatic rings. The van der Waals surface area contributed by atoms with E-state index in [4.69, 9.17) is 20.8 Å². The van der Waals surface area contributed by atoms with E-state index in [0.717, 1.165) is 178 Å². The van der Waals surface area contributed by atoms with Crippen LogP contribution in [0.15, 0.2) is 170 Å². The van der Waals surface area contributed by atoms with Gasteiger partial charge < -0.3 is 57.5 Å². The third-order valence-electron chi connectivity index (χ3n) is 25.4. The SMILES string of the molecule is CN(C)CCc1ccc2c(c1)c1c(n2Cc2ccc(C(=O)NO)cc2)CCN(C)C1.CN(C)CCc1cccc2c1c1c(n2Cc2ccc(C(=O)NO)cc2)CCN(C)C1.CN1CCN(CCc2cccc3c2c2c(n3Cc3ccc(C(=O)NO)cc3)CCN(C)C2)CC1.Cc1ccc2c(c1)c1c(n2Cc2ccc(C(=O)NO)cc2)CCN(C(=O)C(C)C)C1. The molecule has 0 saturated carbocycles. The van der Waals surface area contributed by atoms with Crippen LogP contribution in [0.25, 0.3) is 43.6 Å². The predicted molar refractivity (Wildman–Crippen MR) is 488 cm³/mol. The Labute approximate surface area is 727 Å². The van der Waals surface area contributed by atoms with Crippen LogP contribution in [-0.2, 0) is 102 Å². The number of nitrogens with zero attached hydrogens (tertiary/aromatic N) is 12. The summed E-state index contributed by atoms with van der Waals surface area (Å²) < 4.78 is 9.72. The monoisotopic (exact) mass is 1680 g/mol. The number of rotatable bonds is 22. The number of aryl methyl sites for hydroxylation is 1. The predicted octanol–water partition coefficient (Wildman–Crippen LogP) is 12.0. The zero-order valence-corrected chi connectivity index (χ0v) is 73.8. The van der Waals surface area contributed by atoms with Crippen LogP contribution in [0.5, 0.6) is 0 Å². The quantitative estimate of drug-likeness (QED) is 0.0232. The van der Waals surface area contributed by atoms with Gasteiger partial charge in [-0.2, -0.15) is 0 Å². The number of carbonyl (C=O) groups excluding carboxylic acids is 5. The van der Waals surface area contributed by atoms with Gasteiger partial charge in [0.2, 0.25) is 5.91 Å². The molecule has 0 radical (unpaired) electrons. The van der Waals surface area contributed by atoms with Crippen LogP contribution in [0.3, 0.4) is 0 Å². The average molecular weight is 1680 g/mol. The molecule has 124 heavy (non-hydrogen) atoms. The van der Waals surface area contributed by atoms with Gasteiger partial charge in [-0.1, -0.05) is 104 Å². The van der Waals surface area contributed by atoms with Crippen LogP contribution < -0.4 is 21.9 Å². The van der Waals surface area contributed by atoms with Crippen molar-refractivity contribution in [3.63, 3.8) is 0 Å². The first-order valence-corrected chi connectivity index (χ1v) is 43.5. The normalized spacial score (nSPS) is 15.1. The Hall–Kier alpha value is -11.2. The largest absolute Gasteiger partial charge is 0.340 e. The Morgan fingerprint density at radius 2 is 0.726 bits per heavy atom. The fraction of sp³-hybridized carbons (Fsp3) is 0.384. The van der Waals surface area contributed by atoms with Crippen molar-refractivity contribution in [2.45, 2.75) is 118 Å². The smallest absolute Gasteiger partial charge is 0.274 e. The van der Waals surface area contributed by atoms with Crippen molar-refractivity contribution >= 4 is 73.1 Å². The number of hydrogen-bond acceptors (Lipinski definition) is 16. The van der Waals surface area contributed by atoms with E-state index < -0.39 is 23.6 Å². The molecule has 17 rings (SSSR count). The van der Waals surface area contributed by atoms with Gasteiger partial charge in [-0.05, 0) is 223 Å². The van der Waals surface area contributed by atoms with Crippen LogP contribution in [-0.4, -0.2) is 236 Å². The zero-order chi connectivity index (χ0) is 87.6. The third kappa shape index (κ3) is 20.4. The second kappa shape index (κ2) is 40.2. The van der Waals surface area contributed by atoms with Crippen molar-refractivity contribution in [1.29, 1.82) is 0 Å². The molecule has 5 aliphatic heterocycles. The molecule has 4 aromatic heterocycles. The van der Waals surface area contributed by atoms with E-state index >= 15 is 0 Å². The lowest BCUT2D eigenvalue weighted by atomic mass is 9.99. The van der Waals surface area contributed by atoms with E-state index in [1.807, 2.05) is 67.3 Å². The number of amides is 5. The highest BCUT2D eigenvalue weighted by molar-refractivity contribution is 5.96. The molecule has 0 bridgehead atoms. The minimum Gasteiger partial charge on any atom is -0.340 e. The molecule has 0 spiro atoms. The molecule has 0 atom stereocenters. The maximum atomic E-state index is 12.6. The van der Waals surface area contributed by atoms with E-state index in [9.17, 15) is 24.0 Å². The number of benzene rings is 8. The van der Waals surface area contributed by atoms with E-state index in [1.165, 1.54) is 111 Å². The van der Waals surface area contributed by atoms with Crippen molar-refractivity contribution in [2.24, 2.45) is 5.92 Å². The Bertz CT molecular complexity index is 5800. The van der Waals surface area contributed by atoms with Crippen LogP contribution in [0, 0.1) is 12.8 Å². The molecule has 9 heterocycles. The number of fused-ring (bicyclic) bond motifs is 12. The van der Waals surface area contributed by atoms with Gasteiger partial charge in [-0.3, -0.25) is 44.8 Å². The van der Waals surface area contributed by atoms with E-state index in [2.05, 4.69) is 189 Å².